The smallest absolute Gasteiger partial charge is 0.407 e. The second kappa shape index (κ2) is 7.99. The molecule has 1 aromatic carbocycles. The predicted molar refractivity (Wildman–Crippen MR) is 64.6 cm³/mol. The summed E-state index contributed by atoms with van der Waals surface area (Å²) in [6.45, 7) is 0.919. The maximum atomic E-state index is 11.2. The first-order chi connectivity index (χ1) is 7.83. The number of amides is 1. The summed E-state index contributed by atoms with van der Waals surface area (Å²) in [7, 11) is 0. The van der Waals surface area contributed by atoms with Crippen LogP contribution >= 0.6 is 11.6 Å². The number of unbranched alkanes of at least 4 members (excludes halogenated alkanes) is 1. The zero-order valence-corrected chi connectivity index (χ0v) is 9.87. The molecule has 0 fully saturated rings. The summed E-state index contributed by atoms with van der Waals surface area (Å²) in [4.78, 5) is 11.2. The number of carbonyl (C=O) groups excluding carboxylic acids is 1. The number of rotatable bonds is 6. The number of nitrogens with one attached hydrogen (secondary N) is 1. The van der Waals surface area contributed by atoms with Crippen LogP contribution in [0.3, 0.4) is 0 Å². The zero-order chi connectivity index (χ0) is 11.6. The Hall–Kier alpha value is -1.22. The first kappa shape index (κ1) is 12.8. The van der Waals surface area contributed by atoms with E-state index in [-0.39, 0.29) is 6.09 Å². The third-order valence-corrected chi connectivity index (χ3v) is 2.31. The average molecular weight is 242 g/mol. The van der Waals surface area contributed by atoms with Gasteiger partial charge >= 0.3 is 6.09 Å². The molecule has 1 aromatic rings. The Labute approximate surface area is 101 Å². The minimum Gasteiger partial charge on any atom is -0.445 e. The van der Waals surface area contributed by atoms with Gasteiger partial charge in [-0.1, -0.05) is 30.3 Å². The Morgan fingerprint density at radius 3 is 2.69 bits per heavy atom. The molecular weight excluding hydrogens is 226 g/mol. The van der Waals surface area contributed by atoms with Crippen LogP contribution in [0.5, 0.6) is 0 Å². The summed E-state index contributed by atoms with van der Waals surface area (Å²) in [5, 5.41) is 2.67. The van der Waals surface area contributed by atoms with Gasteiger partial charge in [-0.2, -0.15) is 0 Å². The molecule has 1 rings (SSSR count). The molecule has 1 N–H and O–H groups in total. The highest BCUT2D eigenvalue weighted by Crippen LogP contribution is 2.00. The fourth-order valence-corrected chi connectivity index (χ4v) is 1.37. The molecule has 0 unspecified atom stereocenters. The van der Waals surface area contributed by atoms with Gasteiger partial charge in [0.15, 0.2) is 0 Å². The van der Waals surface area contributed by atoms with Gasteiger partial charge in [0, 0.05) is 12.4 Å². The molecule has 0 bridgehead atoms. The summed E-state index contributed by atoms with van der Waals surface area (Å²) < 4.78 is 5.03. The number of halogens is 1. The number of carbonyl (C=O) groups is 1. The van der Waals surface area contributed by atoms with Crippen LogP contribution in [0.2, 0.25) is 0 Å². The summed E-state index contributed by atoms with van der Waals surface area (Å²) in [5.41, 5.74) is 0.985. The van der Waals surface area contributed by atoms with Gasteiger partial charge in [-0.05, 0) is 18.4 Å². The minimum absolute atomic E-state index is 0.308. The van der Waals surface area contributed by atoms with E-state index in [1.165, 1.54) is 0 Å². The number of benzene rings is 1. The largest absolute Gasteiger partial charge is 0.445 e. The van der Waals surface area contributed by atoms with Gasteiger partial charge in [-0.25, -0.2) is 4.79 Å². The van der Waals surface area contributed by atoms with E-state index >= 15 is 0 Å². The highest BCUT2D eigenvalue weighted by molar-refractivity contribution is 6.17. The molecule has 0 saturated carbocycles. The van der Waals surface area contributed by atoms with Crippen LogP contribution < -0.4 is 5.32 Å². The third kappa shape index (κ3) is 5.61. The molecule has 0 radical (unpaired) electrons. The molecule has 0 aliphatic carbocycles. The second-order valence-electron chi connectivity index (χ2n) is 3.38. The van der Waals surface area contributed by atoms with E-state index in [0.717, 1.165) is 18.4 Å². The summed E-state index contributed by atoms with van der Waals surface area (Å²) in [5.74, 6) is 0.626. The van der Waals surface area contributed by atoms with Gasteiger partial charge < -0.3 is 10.1 Å². The average Bonchev–Trinajstić information content (AvgIpc) is 2.33. The maximum absolute atomic E-state index is 11.2. The Bertz CT molecular complexity index is 303. The van der Waals surface area contributed by atoms with Gasteiger partial charge in [0.05, 0.1) is 0 Å². The number of hydrogen-bond acceptors (Lipinski definition) is 2. The number of ether oxygens (including phenoxy) is 1. The highest BCUT2D eigenvalue weighted by Gasteiger charge is 2.00. The fraction of sp³-hybridized carbons (Fsp3) is 0.417. The molecule has 0 aliphatic rings. The Morgan fingerprint density at radius 1 is 1.25 bits per heavy atom. The quantitative estimate of drug-likeness (QED) is 0.614. The first-order valence-corrected chi connectivity index (χ1v) is 5.87. The van der Waals surface area contributed by atoms with Crippen molar-refractivity contribution in [1.82, 2.24) is 5.32 Å². The Morgan fingerprint density at radius 2 is 2.00 bits per heavy atom. The second-order valence-corrected chi connectivity index (χ2v) is 3.76. The molecule has 16 heavy (non-hydrogen) atoms. The van der Waals surface area contributed by atoms with E-state index in [9.17, 15) is 4.79 Å². The lowest BCUT2D eigenvalue weighted by Crippen LogP contribution is -2.25. The molecule has 0 aliphatic heterocycles. The van der Waals surface area contributed by atoms with E-state index in [0.29, 0.717) is 19.0 Å². The van der Waals surface area contributed by atoms with Crippen LogP contribution in [0.1, 0.15) is 18.4 Å². The SMILES string of the molecule is O=C(NCCCCCl)OCc1ccccc1. The van der Waals surface area contributed by atoms with Crippen molar-refractivity contribution >= 4 is 17.7 Å². The number of alkyl carbamates (subject to hydrolysis) is 1. The van der Waals surface area contributed by atoms with Gasteiger partial charge in [0.2, 0.25) is 0 Å². The van der Waals surface area contributed by atoms with Crippen molar-refractivity contribution in [3.63, 3.8) is 0 Å². The van der Waals surface area contributed by atoms with Crippen LogP contribution in [-0.2, 0) is 11.3 Å². The van der Waals surface area contributed by atoms with Crippen molar-refractivity contribution in [2.24, 2.45) is 0 Å². The first-order valence-electron chi connectivity index (χ1n) is 5.33. The molecule has 0 atom stereocenters. The Balaban J connectivity index is 2.11. The predicted octanol–water partition coefficient (Wildman–Crippen LogP) is 2.93. The molecule has 3 nitrogen and oxygen atoms in total. The monoisotopic (exact) mass is 241 g/mol. The third-order valence-electron chi connectivity index (χ3n) is 2.04. The van der Waals surface area contributed by atoms with Crippen LogP contribution in [0.4, 0.5) is 4.79 Å². The summed E-state index contributed by atoms with van der Waals surface area (Å²) in [6, 6.07) is 9.59. The lowest BCUT2D eigenvalue weighted by Gasteiger charge is -2.06. The minimum atomic E-state index is -0.376. The molecule has 0 spiro atoms. The van der Waals surface area contributed by atoms with Gasteiger partial charge in [-0.3, -0.25) is 0 Å². The standard InChI is InChI=1S/C12H16ClNO2/c13-8-4-5-9-14-12(15)16-10-11-6-2-1-3-7-11/h1-3,6-7H,4-5,8-10H2,(H,14,15). The van der Waals surface area contributed by atoms with Gasteiger partial charge in [0.1, 0.15) is 6.61 Å². The molecule has 0 aromatic heterocycles. The zero-order valence-electron chi connectivity index (χ0n) is 9.12. The Kier molecular flexibility index (Phi) is 6.42. The maximum Gasteiger partial charge on any atom is 0.407 e. The lowest BCUT2D eigenvalue weighted by atomic mass is 10.2. The lowest BCUT2D eigenvalue weighted by molar-refractivity contribution is 0.139. The number of alkyl halides is 1. The van der Waals surface area contributed by atoms with E-state index < -0.39 is 0 Å². The van der Waals surface area contributed by atoms with Crippen molar-refractivity contribution in [3.8, 4) is 0 Å². The summed E-state index contributed by atoms with van der Waals surface area (Å²) >= 11 is 5.51. The normalized spacial score (nSPS) is 9.81. The molecule has 0 saturated heterocycles. The van der Waals surface area contributed by atoms with Gasteiger partial charge in [-0.15, -0.1) is 11.6 Å². The van der Waals surface area contributed by atoms with Crippen LogP contribution in [0.15, 0.2) is 30.3 Å². The van der Waals surface area contributed by atoms with Gasteiger partial charge in [0.25, 0.3) is 0 Å². The highest BCUT2D eigenvalue weighted by atomic mass is 35.5. The fourth-order valence-electron chi connectivity index (χ4n) is 1.18. The van der Waals surface area contributed by atoms with E-state index in [2.05, 4.69) is 5.32 Å². The van der Waals surface area contributed by atoms with Crippen LogP contribution in [-0.4, -0.2) is 18.5 Å². The van der Waals surface area contributed by atoms with E-state index in [1.54, 1.807) is 0 Å². The van der Waals surface area contributed by atoms with Crippen LogP contribution in [0, 0.1) is 0 Å². The van der Waals surface area contributed by atoms with Crippen molar-refractivity contribution in [1.29, 1.82) is 0 Å². The van der Waals surface area contributed by atoms with E-state index in [1.807, 2.05) is 30.3 Å². The van der Waals surface area contributed by atoms with Crippen molar-refractivity contribution in [2.75, 3.05) is 12.4 Å². The molecule has 0 heterocycles. The molecular formula is C12H16ClNO2. The summed E-state index contributed by atoms with van der Waals surface area (Å²) in [6.07, 6.45) is 1.41. The van der Waals surface area contributed by atoms with Crippen molar-refractivity contribution < 1.29 is 9.53 Å². The topological polar surface area (TPSA) is 38.3 Å². The molecule has 1 amide bonds. The van der Waals surface area contributed by atoms with E-state index in [4.69, 9.17) is 16.3 Å². The molecule has 4 heteroatoms. The van der Waals surface area contributed by atoms with Crippen molar-refractivity contribution in [3.05, 3.63) is 35.9 Å². The van der Waals surface area contributed by atoms with Crippen molar-refractivity contribution in [2.45, 2.75) is 19.4 Å². The molecule has 88 valence electrons. The van der Waals surface area contributed by atoms with Crippen LogP contribution in [0.25, 0.3) is 0 Å². The number of hydrogen-bond donors (Lipinski definition) is 1.